The van der Waals surface area contributed by atoms with E-state index in [2.05, 4.69) is 22.7 Å². The van der Waals surface area contributed by atoms with Crippen LogP contribution in [0.2, 0.25) is 5.02 Å². The molecule has 0 saturated heterocycles. The minimum atomic E-state index is 0.145. The average Bonchev–Trinajstić information content (AvgIpc) is 2.47. The van der Waals surface area contributed by atoms with Crippen molar-refractivity contribution in [1.29, 1.82) is 0 Å². The summed E-state index contributed by atoms with van der Waals surface area (Å²) in [6.45, 7) is 1.84. The highest BCUT2D eigenvalue weighted by molar-refractivity contribution is 7.80. The normalized spacial score (nSPS) is 11.4. The van der Waals surface area contributed by atoms with Gasteiger partial charge in [0, 0.05) is 0 Å². The molecule has 0 spiro atoms. The van der Waals surface area contributed by atoms with Crippen LogP contribution in [0.1, 0.15) is 11.8 Å². The van der Waals surface area contributed by atoms with Crippen LogP contribution < -0.4 is 11.2 Å². The largest absolute Gasteiger partial charge is 0.375 e. The molecule has 13 heavy (non-hydrogen) atoms. The molecule has 3 nitrogen and oxygen atoms in total. The SMILES string of the molecule is CC(=NNC(N)=S)c1sccc1Cl. The first-order valence-corrected chi connectivity index (χ1v) is 5.11. The van der Waals surface area contributed by atoms with E-state index in [9.17, 15) is 0 Å². The number of hydrogen-bond acceptors (Lipinski definition) is 3. The first kappa shape index (κ1) is 10.4. The summed E-state index contributed by atoms with van der Waals surface area (Å²) in [7, 11) is 0. The van der Waals surface area contributed by atoms with Gasteiger partial charge in [-0.2, -0.15) is 5.10 Å². The summed E-state index contributed by atoms with van der Waals surface area (Å²) in [5.74, 6) is 0. The van der Waals surface area contributed by atoms with E-state index in [1.54, 1.807) is 0 Å². The van der Waals surface area contributed by atoms with E-state index in [-0.39, 0.29) is 5.11 Å². The van der Waals surface area contributed by atoms with Gasteiger partial charge < -0.3 is 5.73 Å². The van der Waals surface area contributed by atoms with Crippen LogP contribution in [0.15, 0.2) is 16.5 Å². The minimum Gasteiger partial charge on any atom is -0.375 e. The zero-order valence-electron chi connectivity index (χ0n) is 6.87. The number of hydrogen-bond donors (Lipinski definition) is 2. The van der Waals surface area contributed by atoms with E-state index in [0.717, 1.165) is 10.6 Å². The molecule has 1 heterocycles. The molecule has 0 atom stereocenters. The van der Waals surface area contributed by atoms with E-state index >= 15 is 0 Å². The zero-order chi connectivity index (χ0) is 9.84. The number of rotatable bonds is 2. The van der Waals surface area contributed by atoms with Crippen molar-refractivity contribution in [2.24, 2.45) is 10.8 Å². The molecule has 0 amide bonds. The lowest BCUT2D eigenvalue weighted by molar-refractivity contribution is 1.03. The Kier molecular flexibility index (Phi) is 3.65. The number of nitrogens with one attached hydrogen (secondary N) is 1. The highest BCUT2D eigenvalue weighted by Gasteiger charge is 2.04. The second kappa shape index (κ2) is 4.55. The Hall–Kier alpha value is -0.650. The van der Waals surface area contributed by atoms with Crippen molar-refractivity contribution in [3.05, 3.63) is 21.3 Å². The van der Waals surface area contributed by atoms with Gasteiger partial charge in [-0.3, -0.25) is 5.43 Å². The van der Waals surface area contributed by atoms with Crippen LogP contribution in [0.3, 0.4) is 0 Å². The maximum atomic E-state index is 5.89. The fraction of sp³-hybridized carbons (Fsp3) is 0.143. The predicted octanol–water partition coefficient (Wildman–Crippen LogP) is 1.96. The molecule has 0 aliphatic heterocycles. The summed E-state index contributed by atoms with van der Waals surface area (Å²) >= 11 is 12.0. The Morgan fingerprint density at radius 3 is 2.92 bits per heavy atom. The molecule has 0 saturated carbocycles. The third-order valence-electron chi connectivity index (χ3n) is 1.28. The number of thiocarbonyl (C=S) groups is 1. The first-order chi connectivity index (χ1) is 6.11. The molecule has 0 bridgehead atoms. The van der Waals surface area contributed by atoms with Crippen molar-refractivity contribution in [2.75, 3.05) is 0 Å². The van der Waals surface area contributed by atoms with Crippen molar-refractivity contribution >= 4 is 46.0 Å². The van der Waals surface area contributed by atoms with Crippen molar-refractivity contribution in [3.63, 3.8) is 0 Å². The lowest BCUT2D eigenvalue weighted by Gasteiger charge is -1.98. The molecule has 0 aliphatic carbocycles. The number of nitrogens with zero attached hydrogens (tertiary/aromatic N) is 1. The van der Waals surface area contributed by atoms with Gasteiger partial charge >= 0.3 is 0 Å². The average molecular weight is 234 g/mol. The van der Waals surface area contributed by atoms with E-state index in [0.29, 0.717) is 5.02 Å². The number of halogens is 1. The van der Waals surface area contributed by atoms with Gasteiger partial charge in [0.05, 0.1) is 15.6 Å². The summed E-state index contributed by atoms with van der Waals surface area (Å²) in [4.78, 5) is 0.922. The minimum absolute atomic E-state index is 0.145. The van der Waals surface area contributed by atoms with Gasteiger partial charge in [0.15, 0.2) is 5.11 Å². The Morgan fingerprint density at radius 2 is 2.46 bits per heavy atom. The quantitative estimate of drug-likeness (QED) is 0.467. The van der Waals surface area contributed by atoms with Gasteiger partial charge in [-0.1, -0.05) is 11.6 Å². The fourth-order valence-corrected chi connectivity index (χ4v) is 1.93. The topological polar surface area (TPSA) is 50.4 Å². The van der Waals surface area contributed by atoms with Crippen LogP contribution in [-0.2, 0) is 0 Å². The smallest absolute Gasteiger partial charge is 0.184 e. The number of thiophene rings is 1. The molecule has 0 unspecified atom stereocenters. The van der Waals surface area contributed by atoms with Gasteiger partial charge in [-0.15, -0.1) is 11.3 Å². The second-order valence-electron chi connectivity index (χ2n) is 2.27. The molecule has 0 fully saturated rings. The molecular formula is C7H8ClN3S2. The van der Waals surface area contributed by atoms with Gasteiger partial charge in [-0.25, -0.2) is 0 Å². The Bertz CT molecular complexity index is 345. The molecule has 3 N–H and O–H groups in total. The molecule has 0 aliphatic rings. The molecular weight excluding hydrogens is 226 g/mol. The fourth-order valence-electron chi connectivity index (χ4n) is 0.742. The lowest BCUT2D eigenvalue weighted by Crippen LogP contribution is -2.25. The van der Waals surface area contributed by atoms with Crippen LogP contribution in [0.25, 0.3) is 0 Å². The Morgan fingerprint density at radius 1 is 1.77 bits per heavy atom. The van der Waals surface area contributed by atoms with Crippen LogP contribution in [0.5, 0.6) is 0 Å². The van der Waals surface area contributed by atoms with Gasteiger partial charge in [0.25, 0.3) is 0 Å². The standard InChI is InChI=1S/C7H8ClN3S2/c1-4(10-11-7(9)12)6-5(8)2-3-13-6/h2-3H,1H3,(H3,9,11,12). The summed E-state index contributed by atoms with van der Waals surface area (Å²) in [5, 5.41) is 6.69. The highest BCUT2D eigenvalue weighted by atomic mass is 35.5. The molecule has 1 aromatic rings. The van der Waals surface area contributed by atoms with E-state index < -0.39 is 0 Å². The lowest BCUT2D eigenvalue weighted by atomic mass is 10.3. The molecule has 1 rings (SSSR count). The van der Waals surface area contributed by atoms with Crippen LogP contribution in [-0.4, -0.2) is 10.8 Å². The summed E-state index contributed by atoms with van der Waals surface area (Å²) < 4.78 is 0. The van der Waals surface area contributed by atoms with E-state index in [1.165, 1.54) is 11.3 Å². The van der Waals surface area contributed by atoms with Crippen molar-refractivity contribution in [1.82, 2.24) is 5.43 Å². The third-order valence-corrected chi connectivity index (χ3v) is 2.82. The van der Waals surface area contributed by atoms with E-state index in [4.69, 9.17) is 17.3 Å². The highest BCUT2D eigenvalue weighted by Crippen LogP contribution is 2.22. The van der Waals surface area contributed by atoms with Gasteiger partial charge in [0.2, 0.25) is 0 Å². The van der Waals surface area contributed by atoms with Crippen molar-refractivity contribution < 1.29 is 0 Å². The molecule has 70 valence electrons. The Balaban J connectivity index is 2.78. The predicted molar refractivity (Wildman–Crippen MR) is 61.5 cm³/mol. The van der Waals surface area contributed by atoms with Crippen molar-refractivity contribution in [3.8, 4) is 0 Å². The number of hydrazone groups is 1. The maximum absolute atomic E-state index is 5.89. The zero-order valence-corrected chi connectivity index (χ0v) is 9.26. The number of nitrogens with two attached hydrogens (primary N) is 1. The van der Waals surface area contributed by atoms with Crippen molar-refractivity contribution in [2.45, 2.75) is 6.92 Å². The summed E-state index contributed by atoms with van der Waals surface area (Å²) in [5.41, 5.74) is 8.49. The monoisotopic (exact) mass is 233 g/mol. The first-order valence-electron chi connectivity index (χ1n) is 3.44. The van der Waals surface area contributed by atoms with Gasteiger partial charge in [-0.05, 0) is 30.6 Å². The summed E-state index contributed by atoms with van der Waals surface area (Å²) in [6, 6.07) is 1.82. The maximum Gasteiger partial charge on any atom is 0.184 e. The van der Waals surface area contributed by atoms with Gasteiger partial charge in [0.1, 0.15) is 0 Å². The molecule has 0 aromatic carbocycles. The third kappa shape index (κ3) is 2.95. The molecule has 0 radical (unpaired) electrons. The van der Waals surface area contributed by atoms with Crippen LogP contribution in [0.4, 0.5) is 0 Å². The van der Waals surface area contributed by atoms with Crippen LogP contribution >= 0.6 is 35.2 Å². The summed E-state index contributed by atoms with van der Waals surface area (Å²) in [6.07, 6.45) is 0. The second-order valence-corrected chi connectivity index (χ2v) is 4.03. The molecule has 1 aromatic heterocycles. The molecule has 6 heteroatoms. The Labute approximate surface area is 90.6 Å². The van der Waals surface area contributed by atoms with E-state index in [1.807, 2.05) is 18.4 Å². The van der Waals surface area contributed by atoms with Crippen LogP contribution in [0, 0.1) is 0 Å².